The van der Waals surface area contributed by atoms with Crippen LogP contribution >= 0.6 is 0 Å². The van der Waals surface area contributed by atoms with E-state index in [9.17, 15) is 4.79 Å². The molecular weight excluding hydrogens is 454 g/mol. The highest BCUT2D eigenvalue weighted by molar-refractivity contribution is 5.95. The molecule has 0 aliphatic carbocycles. The average Bonchev–Trinajstić information content (AvgIpc) is 2.88. The Hall–Kier alpha value is -3.32. The van der Waals surface area contributed by atoms with E-state index in [1.807, 2.05) is 39.1 Å². The third kappa shape index (κ3) is 5.73. The molecule has 7 nitrogen and oxygen atoms in total. The van der Waals surface area contributed by atoms with Gasteiger partial charge in [-0.25, -0.2) is 9.78 Å². The molecule has 1 aromatic heterocycles. The smallest absolute Gasteiger partial charge is 0.410 e. The van der Waals surface area contributed by atoms with Crippen molar-refractivity contribution in [3.8, 4) is 16.9 Å². The number of morpholine rings is 1. The number of rotatable bonds is 4. The predicted molar refractivity (Wildman–Crippen MR) is 142 cm³/mol. The van der Waals surface area contributed by atoms with Gasteiger partial charge in [0, 0.05) is 50.6 Å². The highest BCUT2D eigenvalue weighted by atomic mass is 16.6. The number of hydrogen-bond acceptors (Lipinski definition) is 6. The number of amides is 1. The lowest BCUT2D eigenvalue weighted by Crippen LogP contribution is -2.44. The van der Waals surface area contributed by atoms with E-state index in [1.165, 1.54) is 16.3 Å². The Kier molecular flexibility index (Phi) is 7.01. The first kappa shape index (κ1) is 24.4. The van der Waals surface area contributed by atoms with Crippen molar-refractivity contribution in [2.75, 3.05) is 44.3 Å². The van der Waals surface area contributed by atoms with Crippen LogP contribution in [0.1, 0.15) is 33.6 Å². The second kappa shape index (κ2) is 10.3. The zero-order valence-electron chi connectivity index (χ0n) is 21.4. The molecule has 0 bridgehead atoms. The number of nitrogens with zero attached hydrogens (tertiary/aromatic N) is 3. The second-order valence-corrected chi connectivity index (χ2v) is 10.5. The van der Waals surface area contributed by atoms with Gasteiger partial charge in [-0.15, -0.1) is 0 Å². The molecule has 3 aromatic rings. The van der Waals surface area contributed by atoms with Crippen molar-refractivity contribution in [2.24, 2.45) is 0 Å². The number of aromatic nitrogens is 1. The van der Waals surface area contributed by atoms with Crippen LogP contribution in [0.4, 0.5) is 10.6 Å². The van der Waals surface area contributed by atoms with E-state index in [-0.39, 0.29) is 12.2 Å². The summed E-state index contributed by atoms with van der Waals surface area (Å²) in [7, 11) is 0. The number of fused-ring (bicyclic) bond motifs is 1. The first-order chi connectivity index (χ1) is 17.4. The Balaban J connectivity index is 1.21. The Morgan fingerprint density at radius 2 is 1.64 bits per heavy atom. The molecule has 7 heteroatoms. The van der Waals surface area contributed by atoms with E-state index < -0.39 is 5.60 Å². The maximum Gasteiger partial charge on any atom is 0.410 e. The van der Waals surface area contributed by atoms with E-state index in [0.29, 0.717) is 13.1 Å². The van der Waals surface area contributed by atoms with E-state index in [0.717, 1.165) is 56.3 Å². The van der Waals surface area contributed by atoms with Gasteiger partial charge in [0.1, 0.15) is 23.3 Å². The fourth-order valence-corrected chi connectivity index (χ4v) is 4.77. The molecule has 2 aliphatic rings. The third-order valence-corrected chi connectivity index (χ3v) is 6.64. The van der Waals surface area contributed by atoms with Crippen LogP contribution in [0.25, 0.3) is 21.9 Å². The molecule has 0 atom stereocenters. The van der Waals surface area contributed by atoms with Crippen molar-refractivity contribution in [3.05, 3.63) is 54.7 Å². The number of benzene rings is 2. The summed E-state index contributed by atoms with van der Waals surface area (Å²) in [6.45, 7) is 10.2. The molecule has 0 spiro atoms. The normalized spacial score (nSPS) is 17.3. The van der Waals surface area contributed by atoms with Gasteiger partial charge < -0.3 is 24.0 Å². The van der Waals surface area contributed by atoms with Gasteiger partial charge in [-0.3, -0.25) is 0 Å². The number of carbonyl (C=O) groups is 1. The summed E-state index contributed by atoms with van der Waals surface area (Å²) in [5, 5.41) is 2.35. The fourth-order valence-electron chi connectivity index (χ4n) is 4.77. The summed E-state index contributed by atoms with van der Waals surface area (Å²) >= 11 is 0. The molecule has 0 N–H and O–H groups in total. The van der Waals surface area contributed by atoms with Gasteiger partial charge in [0.15, 0.2) is 0 Å². The van der Waals surface area contributed by atoms with E-state index >= 15 is 0 Å². The number of hydrogen-bond donors (Lipinski definition) is 0. The Morgan fingerprint density at radius 1 is 0.944 bits per heavy atom. The number of carbonyl (C=O) groups excluding carboxylic acids is 1. The monoisotopic (exact) mass is 489 g/mol. The van der Waals surface area contributed by atoms with Crippen LogP contribution in [-0.2, 0) is 9.47 Å². The summed E-state index contributed by atoms with van der Waals surface area (Å²) < 4.78 is 17.2. The molecule has 0 saturated carbocycles. The van der Waals surface area contributed by atoms with Crippen molar-refractivity contribution >= 4 is 22.7 Å². The van der Waals surface area contributed by atoms with Crippen molar-refractivity contribution in [1.29, 1.82) is 0 Å². The number of piperidine rings is 1. The Morgan fingerprint density at radius 3 is 2.33 bits per heavy atom. The molecule has 190 valence electrons. The van der Waals surface area contributed by atoms with Crippen LogP contribution in [0.15, 0.2) is 54.7 Å². The van der Waals surface area contributed by atoms with E-state index in [2.05, 4.69) is 46.3 Å². The molecule has 2 aromatic carbocycles. The molecule has 36 heavy (non-hydrogen) atoms. The third-order valence-electron chi connectivity index (χ3n) is 6.64. The summed E-state index contributed by atoms with van der Waals surface area (Å²) in [6.07, 6.45) is 3.34. The number of ether oxygens (including phenoxy) is 3. The van der Waals surface area contributed by atoms with Crippen LogP contribution < -0.4 is 9.64 Å². The van der Waals surface area contributed by atoms with Crippen LogP contribution in [0, 0.1) is 0 Å². The zero-order valence-corrected chi connectivity index (χ0v) is 21.4. The van der Waals surface area contributed by atoms with Gasteiger partial charge in [-0.1, -0.05) is 24.3 Å². The maximum atomic E-state index is 12.3. The number of pyridine rings is 1. The van der Waals surface area contributed by atoms with Crippen LogP contribution in [-0.4, -0.2) is 67.1 Å². The van der Waals surface area contributed by atoms with E-state index in [4.69, 9.17) is 14.2 Å². The maximum absolute atomic E-state index is 12.3. The van der Waals surface area contributed by atoms with Gasteiger partial charge in [0.25, 0.3) is 0 Å². The lowest BCUT2D eigenvalue weighted by atomic mass is 10.0. The van der Waals surface area contributed by atoms with Crippen LogP contribution in [0.3, 0.4) is 0 Å². The first-order valence-electron chi connectivity index (χ1n) is 12.8. The summed E-state index contributed by atoms with van der Waals surface area (Å²) in [4.78, 5) is 21.0. The molecular formula is C29H35N3O4. The average molecular weight is 490 g/mol. The van der Waals surface area contributed by atoms with Crippen molar-refractivity contribution in [2.45, 2.75) is 45.3 Å². The number of likely N-dealkylation sites (tertiary alicyclic amines) is 1. The molecule has 5 rings (SSSR count). The fraction of sp³-hybridized carbons (Fsp3) is 0.448. The standard InChI is InChI=1S/C29H35N3O4/c1-29(2,3)36-28(33)32-14-11-25(12-15-32)35-24-7-4-21(5-8-24)22-6-9-26-23(20-22)10-13-30-27(26)31-16-18-34-19-17-31/h4-10,13,20,25H,11-12,14-19H2,1-3H3. The summed E-state index contributed by atoms with van der Waals surface area (Å²) in [6, 6.07) is 16.9. The van der Waals surface area contributed by atoms with Crippen LogP contribution in [0.5, 0.6) is 5.75 Å². The minimum absolute atomic E-state index is 0.0984. The van der Waals surface area contributed by atoms with Crippen molar-refractivity contribution in [3.63, 3.8) is 0 Å². The molecule has 0 radical (unpaired) electrons. The lowest BCUT2D eigenvalue weighted by Gasteiger charge is -2.33. The first-order valence-corrected chi connectivity index (χ1v) is 12.8. The predicted octanol–water partition coefficient (Wildman–Crippen LogP) is 5.52. The minimum atomic E-state index is -0.473. The van der Waals surface area contributed by atoms with Gasteiger partial charge in [0.05, 0.1) is 13.2 Å². The molecule has 1 amide bonds. The quantitative estimate of drug-likeness (QED) is 0.481. The molecule has 0 unspecified atom stereocenters. The molecule has 2 fully saturated rings. The topological polar surface area (TPSA) is 64.1 Å². The highest BCUT2D eigenvalue weighted by Gasteiger charge is 2.27. The lowest BCUT2D eigenvalue weighted by molar-refractivity contribution is 0.0126. The minimum Gasteiger partial charge on any atom is -0.490 e. The van der Waals surface area contributed by atoms with Crippen molar-refractivity contribution < 1.29 is 19.0 Å². The summed E-state index contributed by atoms with van der Waals surface area (Å²) in [5.41, 5.74) is 1.84. The van der Waals surface area contributed by atoms with Gasteiger partial charge in [-0.2, -0.15) is 0 Å². The SMILES string of the molecule is CC(C)(C)OC(=O)N1CCC(Oc2ccc(-c3ccc4c(N5CCOCC5)nccc4c3)cc2)CC1. The zero-order chi connectivity index (χ0) is 25.1. The highest BCUT2D eigenvalue weighted by Crippen LogP contribution is 2.31. The van der Waals surface area contributed by atoms with E-state index in [1.54, 1.807) is 4.90 Å². The largest absolute Gasteiger partial charge is 0.490 e. The molecule has 2 saturated heterocycles. The van der Waals surface area contributed by atoms with Gasteiger partial charge >= 0.3 is 6.09 Å². The van der Waals surface area contributed by atoms with Crippen molar-refractivity contribution in [1.82, 2.24) is 9.88 Å². The Labute approximate surface area is 213 Å². The molecule has 2 aliphatic heterocycles. The summed E-state index contributed by atoms with van der Waals surface area (Å²) in [5.74, 6) is 1.89. The van der Waals surface area contributed by atoms with Crippen LogP contribution in [0.2, 0.25) is 0 Å². The number of anilines is 1. The molecule has 3 heterocycles. The van der Waals surface area contributed by atoms with Gasteiger partial charge in [0.2, 0.25) is 0 Å². The Bertz CT molecular complexity index is 1190. The second-order valence-electron chi connectivity index (χ2n) is 10.5. The van der Waals surface area contributed by atoms with Gasteiger partial charge in [-0.05, 0) is 61.5 Å².